The molecule has 0 aliphatic heterocycles. The Balaban J connectivity index is 1.27. The lowest BCUT2D eigenvalue weighted by Crippen LogP contribution is -2.35. The fourth-order valence-electron chi connectivity index (χ4n) is 4.76. The Hall–Kier alpha value is -3.63. The average molecular weight is 621 g/mol. The minimum absolute atomic E-state index is 0.00550. The third-order valence-corrected chi connectivity index (χ3v) is 10.2. The van der Waals surface area contributed by atoms with Crippen molar-refractivity contribution in [1.29, 1.82) is 0 Å². The van der Waals surface area contributed by atoms with E-state index in [0.717, 1.165) is 4.09 Å². The van der Waals surface area contributed by atoms with Gasteiger partial charge in [0.25, 0.3) is 10.0 Å². The maximum Gasteiger partial charge on any atom is 0.443 e. The van der Waals surface area contributed by atoms with Crippen molar-refractivity contribution in [3.05, 3.63) is 47.3 Å². The normalized spacial score (nSPS) is 21.3. The van der Waals surface area contributed by atoms with Gasteiger partial charge in [0, 0.05) is 41.1 Å². The fraction of sp³-hybridized carbons (Fsp3) is 0.423. The highest BCUT2D eigenvalue weighted by atomic mass is 32.2. The molecule has 222 valence electrons. The highest BCUT2D eigenvalue weighted by molar-refractivity contribution is 7.90. The zero-order valence-electron chi connectivity index (χ0n) is 22.3. The van der Waals surface area contributed by atoms with Gasteiger partial charge in [0.15, 0.2) is 10.8 Å². The molecule has 42 heavy (non-hydrogen) atoms. The number of rotatable bonds is 8. The lowest BCUT2D eigenvalue weighted by Gasteiger charge is -2.34. The second-order valence-corrected chi connectivity index (χ2v) is 13.7. The number of hydrogen-bond acceptors (Lipinski definition) is 11. The summed E-state index contributed by atoms with van der Waals surface area (Å²) in [6.07, 6.45) is 4.95. The number of pyridine rings is 1. The standard InChI is InChI=1S/C26H27F3N8O3S2/c1-25(38)7-4-16(5-8-25)33-19-10-22(31-12-18(19)20-14-41-24(34-20)26(27,28)29)35-21-6-9-30-23(36-21)15-11-32-37(13-15)42(39,40)17-2-3-17/h6,9-14,16-17,38H,2-5,7-8H2,1H3,(H2,30,31,33,35,36). The average Bonchev–Trinajstić information content (AvgIpc) is 3.46. The molecule has 11 nitrogen and oxygen atoms in total. The van der Waals surface area contributed by atoms with Crippen LogP contribution in [0.2, 0.25) is 0 Å². The Labute approximate surface area is 243 Å². The Morgan fingerprint density at radius 3 is 2.55 bits per heavy atom. The van der Waals surface area contributed by atoms with Gasteiger partial charge in [0.2, 0.25) is 0 Å². The molecule has 2 saturated carbocycles. The molecule has 16 heteroatoms. The molecular formula is C26H27F3N8O3S2. The highest BCUT2D eigenvalue weighted by Gasteiger charge is 2.38. The predicted molar refractivity (Wildman–Crippen MR) is 151 cm³/mol. The lowest BCUT2D eigenvalue weighted by atomic mass is 9.83. The van der Waals surface area contributed by atoms with Crippen molar-refractivity contribution < 1.29 is 26.7 Å². The van der Waals surface area contributed by atoms with E-state index in [-0.39, 0.29) is 17.6 Å². The van der Waals surface area contributed by atoms with E-state index in [0.29, 0.717) is 78.3 Å². The summed E-state index contributed by atoms with van der Waals surface area (Å²) in [6.45, 7) is 1.80. The summed E-state index contributed by atoms with van der Waals surface area (Å²) in [4.78, 5) is 16.9. The SMILES string of the molecule is CC1(O)CCC(Nc2cc(Nc3ccnc(-c4cnn(S(=O)(=O)C5CC5)c4)n3)ncc2-c2csc(C(F)(F)F)n2)CC1. The van der Waals surface area contributed by atoms with Gasteiger partial charge in [-0.1, -0.05) is 0 Å². The first-order valence-electron chi connectivity index (χ1n) is 13.3. The molecule has 2 aliphatic carbocycles. The molecule has 0 radical (unpaired) electrons. The van der Waals surface area contributed by atoms with Crippen LogP contribution in [0.1, 0.15) is 50.5 Å². The van der Waals surface area contributed by atoms with Crippen molar-refractivity contribution >= 4 is 38.7 Å². The topological polar surface area (TPSA) is 148 Å². The second kappa shape index (κ2) is 10.6. The molecule has 4 aromatic heterocycles. The third-order valence-electron chi connectivity index (χ3n) is 7.29. The Bertz CT molecular complexity index is 1710. The van der Waals surface area contributed by atoms with Gasteiger partial charge in [-0.05, 0) is 51.5 Å². The van der Waals surface area contributed by atoms with E-state index in [9.17, 15) is 26.7 Å². The van der Waals surface area contributed by atoms with Crippen LogP contribution in [0.5, 0.6) is 0 Å². The van der Waals surface area contributed by atoms with Gasteiger partial charge in [-0.25, -0.2) is 28.4 Å². The molecule has 0 atom stereocenters. The predicted octanol–water partition coefficient (Wildman–Crippen LogP) is 5.07. The van der Waals surface area contributed by atoms with Crippen molar-refractivity contribution in [3.8, 4) is 22.6 Å². The third kappa shape index (κ3) is 6.10. The second-order valence-electron chi connectivity index (χ2n) is 10.8. The van der Waals surface area contributed by atoms with Crippen LogP contribution in [0.25, 0.3) is 22.6 Å². The van der Waals surface area contributed by atoms with Gasteiger partial charge in [0.1, 0.15) is 11.6 Å². The molecule has 4 aromatic rings. The van der Waals surface area contributed by atoms with Crippen LogP contribution in [0.4, 0.5) is 30.5 Å². The van der Waals surface area contributed by atoms with Gasteiger partial charge in [-0.15, -0.1) is 11.3 Å². The molecular weight excluding hydrogens is 593 g/mol. The summed E-state index contributed by atoms with van der Waals surface area (Å²) in [5, 5.41) is 20.8. The van der Waals surface area contributed by atoms with E-state index < -0.39 is 32.1 Å². The van der Waals surface area contributed by atoms with Crippen molar-refractivity contribution in [1.82, 2.24) is 29.1 Å². The molecule has 6 rings (SSSR count). The van der Waals surface area contributed by atoms with Gasteiger partial charge in [-0.3, -0.25) is 0 Å². The number of nitrogens with zero attached hydrogens (tertiary/aromatic N) is 6. The molecule has 0 amide bonds. The van der Waals surface area contributed by atoms with Gasteiger partial charge >= 0.3 is 6.18 Å². The monoisotopic (exact) mass is 620 g/mol. The number of anilines is 3. The van der Waals surface area contributed by atoms with E-state index in [4.69, 9.17) is 0 Å². The highest BCUT2D eigenvalue weighted by Crippen LogP contribution is 2.38. The fourth-order valence-corrected chi connectivity index (χ4v) is 6.92. The zero-order chi connectivity index (χ0) is 29.7. The number of aliphatic hydroxyl groups is 1. The first kappa shape index (κ1) is 28.5. The van der Waals surface area contributed by atoms with Gasteiger partial charge < -0.3 is 15.7 Å². The van der Waals surface area contributed by atoms with E-state index in [1.54, 1.807) is 19.1 Å². The molecule has 0 bridgehead atoms. The van der Waals surface area contributed by atoms with E-state index in [1.165, 1.54) is 30.2 Å². The molecule has 2 aliphatic rings. The lowest BCUT2D eigenvalue weighted by molar-refractivity contribution is -0.137. The van der Waals surface area contributed by atoms with Crippen LogP contribution < -0.4 is 10.6 Å². The first-order valence-corrected chi connectivity index (χ1v) is 15.7. The summed E-state index contributed by atoms with van der Waals surface area (Å²) in [6, 6.07) is 3.28. The minimum atomic E-state index is -4.55. The van der Waals surface area contributed by atoms with E-state index in [2.05, 4.69) is 35.7 Å². The quantitative estimate of drug-likeness (QED) is 0.244. The molecule has 0 aromatic carbocycles. The molecule has 4 heterocycles. The minimum Gasteiger partial charge on any atom is -0.390 e. The van der Waals surface area contributed by atoms with Crippen LogP contribution in [0, 0.1) is 0 Å². The molecule has 0 unspecified atom stereocenters. The van der Waals surface area contributed by atoms with E-state index in [1.807, 2.05) is 0 Å². The summed E-state index contributed by atoms with van der Waals surface area (Å²) in [5.41, 5.74) is 0.785. The number of hydrogen-bond donors (Lipinski definition) is 3. The van der Waals surface area contributed by atoms with Crippen LogP contribution in [-0.2, 0) is 16.2 Å². The number of halogens is 3. The Morgan fingerprint density at radius 1 is 1.10 bits per heavy atom. The summed E-state index contributed by atoms with van der Waals surface area (Å²) < 4.78 is 65.7. The smallest absolute Gasteiger partial charge is 0.390 e. The van der Waals surface area contributed by atoms with E-state index >= 15 is 0 Å². The maximum atomic E-state index is 13.3. The molecule has 0 saturated heterocycles. The van der Waals surface area contributed by atoms with Gasteiger partial charge in [0.05, 0.1) is 34.5 Å². The summed E-state index contributed by atoms with van der Waals surface area (Å²) in [5.74, 6) is 0.987. The van der Waals surface area contributed by atoms with Crippen molar-refractivity contribution in [2.75, 3.05) is 10.6 Å². The number of thiazole rings is 1. The van der Waals surface area contributed by atoms with Crippen LogP contribution in [0.15, 0.2) is 42.3 Å². The van der Waals surface area contributed by atoms with Crippen LogP contribution in [-0.4, -0.2) is 59.5 Å². The first-order chi connectivity index (χ1) is 19.9. The summed E-state index contributed by atoms with van der Waals surface area (Å²) >= 11 is 0.518. The number of nitrogens with one attached hydrogen (secondary N) is 2. The Kier molecular flexibility index (Phi) is 7.17. The summed E-state index contributed by atoms with van der Waals surface area (Å²) in [7, 11) is -3.53. The number of aromatic nitrogens is 6. The van der Waals surface area contributed by atoms with Crippen molar-refractivity contribution in [2.24, 2.45) is 0 Å². The largest absolute Gasteiger partial charge is 0.443 e. The maximum absolute atomic E-state index is 13.3. The van der Waals surface area contributed by atoms with Gasteiger partial charge in [-0.2, -0.15) is 22.4 Å². The Morgan fingerprint density at radius 2 is 1.86 bits per heavy atom. The van der Waals surface area contributed by atoms with Crippen LogP contribution in [0.3, 0.4) is 0 Å². The van der Waals surface area contributed by atoms with Crippen LogP contribution >= 0.6 is 11.3 Å². The molecule has 2 fully saturated rings. The van der Waals surface area contributed by atoms with Crippen molar-refractivity contribution in [3.63, 3.8) is 0 Å². The zero-order valence-corrected chi connectivity index (χ0v) is 24.0. The van der Waals surface area contributed by atoms with Crippen molar-refractivity contribution in [2.45, 2.75) is 68.5 Å². The molecule has 3 N–H and O–H groups in total. The number of alkyl halides is 3. The molecule has 0 spiro atoms.